The number of hydrogen-bond donors (Lipinski definition) is 1. The first-order valence-electron chi connectivity index (χ1n) is 6.21. The second-order valence-corrected chi connectivity index (χ2v) is 5.23. The monoisotopic (exact) mass is 196 g/mol. The Morgan fingerprint density at radius 1 is 1.21 bits per heavy atom. The van der Waals surface area contributed by atoms with Gasteiger partial charge in [-0.2, -0.15) is 0 Å². The van der Waals surface area contributed by atoms with Crippen molar-refractivity contribution >= 4 is 0 Å². The first-order chi connectivity index (χ1) is 6.81. The smallest absolute Gasteiger partial charge is 0.0243 e. The van der Waals surface area contributed by atoms with E-state index in [2.05, 4.69) is 11.9 Å². The van der Waals surface area contributed by atoms with Gasteiger partial charge in [0.25, 0.3) is 0 Å². The molecule has 0 bridgehead atoms. The van der Waals surface area contributed by atoms with Crippen LogP contribution in [0.4, 0.5) is 0 Å². The minimum Gasteiger partial charge on any atom is -0.329 e. The van der Waals surface area contributed by atoms with Crippen LogP contribution >= 0.6 is 0 Å². The number of hydrogen-bond acceptors (Lipinski definition) is 2. The molecule has 2 nitrogen and oxygen atoms in total. The summed E-state index contributed by atoms with van der Waals surface area (Å²) in [6.45, 7) is 2.15. The van der Waals surface area contributed by atoms with Crippen molar-refractivity contribution in [1.29, 1.82) is 0 Å². The maximum Gasteiger partial charge on any atom is 0.0243 e. The third-order valence-electron chi connectivity index (χ3n) is 3.99. The van der Waals surface area contributed by atoms with Gasteiger partial charge in [-0.05, 0) is 44.6 Å². The summed E-state index contributed by atoms with van der Waals surface area (Å²) >= 11 is 0. The molecule has 0 aliphatic heterocycles. The largest absolute Gasteiger partial charge is 0.329 e. The van der Waals surface area contributed by atoms with E-state index in [1.807, 2.05) is 0 Å². The molecule has 1 atom stereocenters. The van der Waals surface area contributed by atoms with Crippen LogP contribution < -0.4 is 5.73 Å². The Morgan fingerprint density at radius 2 is 1.86 bits per heavy atom. The van der Waals surface area contributed by atoms with Crippen LogP contribution in [-0.2, 0) is 0 Å². The van der Waals surface area contributed by atoms with Crippen LogP contribution in [0.25, 0.3) is 0 Å². The summed E-state index contributed by atoms with van der Waals surface area (Å²) in [5.41, 5.74) is 5.91. The van der Waals surface area contributed by atoms with Gasteiger partial charge in [0.05, 0.1) is 0 Å². The second kappa shape index (κ2) is 4.63. The van der Waals surface area contributed by atoms with Gasteiger partial charge in [-0.15, -0.1) is 0 Å². The van der Waals surface area contributed by atoms with E-state index in [0.717, 1.165) is 18.4 Å². The molecule has 0 aromatic heterocycles. The zero-order chi connectivity index (χ0) is 9.97. The standard InChI is InChI=1S/C12H24N2/c1-14(9-10-6-7-10)12(8-13)11-4-2-3-5-11/h10-12H,2-9,13H2,1H3. The zero-order valence-corrected chi connectivity index (χ0v) is 9.41. The van der Waals surface area contributed by atoms with Crippen molar-refractivity contribution in [3.05, 3.63) is 0 Å². The van der Waals surface area contributed by atoms with Crippen molar-refractivity contribution in [2.45, 2.75) is 44.6 Å². The van der Waals surface area contributed by atoms with E-state index in [4.69, 9.17) is 5.73 Å². The molecule has 0 radical (unpaired) electrons. The highest BCUT2D eigenvalue weighted by molar-refractivity contribution is 4.85. The molecule has 2 heteroatoms. The van der Waals surface area contributed by atoms with Crippen LogP contribution in [0.3, 0.4) is 0 Å². The molecule has 2 rings (SSSR count). The van der Waals surface area contributed by atoms with Gasteiger partial charge in [-0.3, -0.25) is 0 Å². The fourth-order valence-corrected chi connectivity index (χ4v) is 2.92. The van der Waals surface area contributed by atoms with Gasteiger partial charge in [-0.25, -0.2) is 0 Å². The van der Waals surface area contributed by atoms with Gasteiger partial charge in [0.15, 0.2) is 0 Å². The quantitative estimate of drug-likeness (QED) is 0.727. The van der Waals surface area contributed by atoms with E-state index in [0.29, 0.717) is 6.04 Å². The lowest BCUT2D eigenvalue weighted by atomic mass is 9.97. The molecule has 2 N–H and O–H groups in total. The van der Waals surface area contributed by atoms with Gasteiger partial charge in [0.2, 0.25) is 0 Å². The van der Waals surface area contributed by atoms with E-state index in [1.54, 1.807) is 0 Å². The van der Waals surface area contributed by atoms with Crippen molar-refractivity contribution in [3.63, 3.8) is 0 Å². The van der Waals surface area contributed by atoms with Crippen molar-refractivity contribution in [3.8, 4) is 0 Å². The lowest BCUT2D eigenvalue weighted by Crippen LogP contribution is -2.43. The fourth-order valence-electron chi connectivity index (χ4n) is 2.92. The summed E-state index contributed by atoms with van der Waals surface area (Å²) in [4.78, 5) is 2.54. The van der Waals surface area contributed by atoms with Crippen molar-refractivity contribution in [1.82, 2.24) is 4.90 Å². The first-order valence-corrected chi connectivity index (χ1v) is 6.21. The normalized spacial score (nSPS) is 25.9. The van der Waals surface area contributed by atoms with Gasteiger partial charge in [-0.1, -0.05) is 12.8 Å². The summed E-state index contributed by atoms with van der Waals surface area (Å²) in [7, 11) is 2.27. The number of nitrogens with zero attached hydrogens (tertiary/aromatic N) is 1. The molecular weight excluding hydrogens is 172 g/mol. The molecule has 2 saturated carbocycles. The molecular formula is C12H24N2. The Labute approximate surface area is 87.8 Å². The van der Waals surface area contributed by atoms with Gasteiger partial charge < -0.3 is 10.6 Å². The number of likely N-dealkylation sites (N-methyl/N-ethyl adjacent to an activating group) is 1. The van der Waals surface area contributed by atoms with Gasteiger partial charge >= 0.3 is 0 Å². The molecule has 0 amide bonds. The molecule has 82 valence electrons. The minimum atomic E-state index is 0.665. The predicted octanol–water partition coefficient (Wildman–Crippen LogP) is 1.85. The van der Waals surface area contributed by atoms with E-state index in [1.165, 1.54) is 45.1 Å². The third-order valence-corrected chi connectivity index (χ3v) is 3.99. The summed E-state index contributed by atoms with van der Waals surface area (Å²) in [6, 6.07) is 0.665. The molecule has 2 aliphatic rings. The Kier molecular flexibility index (Phi) is 3.45. The highest BCUT2D eigenvalue weighted by atomic mass is 15.1. The molecule has 0 aromatic carbocycles. The summed E-state index contributed by atoms with van der Waals surface area (Å²) < 4.78 is 0. The first kappa shape index (κ1) is 10.4. The average Bonchev–Trinajstić information content (AvgIpc) is 2.82. The van der Waals surface area contributed by atoms with Crippen LogP contribution in [0.1, 0.15) is 38.5 Å². The third kappa shape index (κ3) is 2.48. The lowest BCUT2D eigenvalue weighted by molar-refractivity contribution is 0.175. The second-order valence-electron chi connectivity index (χ2n) is 5.23. The molecule has 1 unspecified atom stereocenters. The summed E-state index contributed by atoms with van der Waals surface area (Å²) in [6.07, 6.45) is 8.59. The summed E-state index contributed by atoms with van der Waals surface area (Å²) in [5.74, 6) is 1.89. The van der Waals surface area contributed by atoms with Gasteiger partial charge in [0, 0.05) is 19.1 Å². The Morgan fingerprint density at radius 3 is 2.36 bits per heavy atom. The zero-order valence-electron chi connectivity index (χ0n) is 9.41. The lowest BCUT2D eigenvalue weighted by Gasteiger charge is -2.31. The van der Waals surface area contributed by atoms with Gasteiger partial charge in [0.1, 0.15) is 0 Å². The van der Waals surface area contributed by atoms with Crippen LogP contribution in [0, 0.1) is 11.8 Å². The molecule has 2 fully saturated rings. The van der Waals surface area contributed by atoms with Crippen molar-refractivity contribution < 1.29 is 0 Å². The molecule has 14 heavy (non-hydrogen) atoms. The van der Waals surface area contributed by atoms with Crippen LogP contribution in [-0.4, -0.2) is 31.1 Å². The summed E-state index contributed by atoms with van der Waals surface area (Å²) in [5, 5.41) is 0. The highest BCUT2D eigenvalue weighted by Gasteiger charge is 2.30. The maximum atomic E-state index is 5.91. The average molecular weight is 196 g/mol. The van der Waals surface area contributed by atoms with Crippen LogP contribution in [0.15, 0.2) is 0 Å². The molecule has 0 saturated heterocycles. The number of nitrogens with two attached hydrogens (primary N) is 1. The maximum absolute atomic E-state index is 5.91. The minimum absolute atomic E-state index is 0.665. The molecule has 2 aliphatic carbocycles. The van der Waals surface area contributed by atoms with E-state index in [9.17, 15) is 0 Å². The highest BCUT2D eigenvalue weighted by Crippen LogP contribution is 2.33. The Bertz CT molecular complexity index is 171. The van der Waals surface area contributed by atoms with E-state index >= 15 is 0 Å². The topological polar surface area (TPSA) is 29.3 Å². The fraction of sp³-hybridized carbons (Fsp3) is 1.00. The molecule has 0 spiro atoms. The van der Waals surface area contributed by atoms with E-state index < -0.39 is 0 Å². The van der Waals surface area contributed by atoms with E-state index in [-0.39, 0.29) is 0 Å². The number of rotatable bonds is 5. The Balaban J connectivity index is 1.82. The Hall–Kier alpha value is -0.0800. The van der Waals surface area contributed by atoms with Crippen LogP contribution in [0.5, 0.6) is 0 Å². The SMILES string of the molecule is CN(CC1CC1)C(CN)C1CCCC1. The molecule has 0 aromatic rings. The molecule has 0 heterocycles. The van der Waals surface area contributed by atoms with Crippen molar-refractivity contribution in [2.24, 2.45) is 17.6 Å². The predicted molar refractivity (Wildman–Crippen MR) is 60.2 cm³/mol. The van der Waals surface area contributed by atoms with Crippen molar-refractivity contribution in [2.75, 3.05) is 20.1 Å². The van der Waals surface area contributed by atoms with Crippen LogP contribution in [0.2, 0.25) is 0 Å².